The summed E-state index contributed by atoms with van der Waals surface area (Å²) in [4.78, 5) is 0. The van der Waals surface area contributed by atoms with Crippen LogP contribution in [0.5, 0.6) is 0 Å². The lowest BCUT2D eigenvalue weighted by Crippen LogP contribution is -2.35. The molecule has 0 amide bonds. The first-order valence-corrected chi connectivity index (χ1v) is 7.65. The molecule has 1 fully saturated rings. The number of halogens is 1. The van der Waals surface area contributed by atoms with E-state index in [2.05, 4.69) is 39.4 Å². The Balaban J connectivity index is 1.89. The Bertz CT molecular complexity index is 396. The Morgan fingerprint density at radius 3 is 2.76 bits per heavy atom. The molecule has 1 N–H and O–H groups in total. The van der Waals surface area contributed by atoms with E-state index in [0.717, 1.165) is 12.5 Å². The Morgan fingerprint density at radius 2 is 1.94 bits per heavy atom. The molecule has 3 rings (SSSR count). The van der Waals surface area contributed by atoms with Crippen LogP contribution in [0.4, 0.5) is 0 Å². The number of fused-ring (bicyclic) bond motifs is 1. The molecule has 1 heterocycles. The zero-order chi connectivity index (χ0) is 11.7. The van der Waals surface area contributed by atoms with Gasteiger partial charge in [0.1, 0.15) is 0 Å². The highest BCUT2D eigenvalue weighted by Gasteiger charge is 2.28. The quantitative estimate of drug-likeness (QED) is 0.818. The SMILES string of the molecule is Brc1ccc2c(c1)[C@H](C1CCCCC1)NCC2. The van der Waals surface area contributed by atoms with Gasteiger partial charge in [0.05, 0.1) is 0 Å². The van der Waals surface area contributed by atoms with Gasteiger partial charge in [-0.3, -0.25) is 0 Å². The number of nitrogens with one attached hydrogen (secondary N) is 1. The number of benzene rings is 1. The zero-order valence-electron chi connectivity index (χ0n) is 10.2. The van der Waals surface area contributed by atoms with E-state index < -0.39 is 0 Å². The van der Waals surface area contributed by atoms with Crippen molar-refractivity contribution in [3.8, 4) is 0 Å². The number of hydrogen-bond acceptors (Lipinski definition) is 1. The second-order valence-corrected chi connectivity index (χ2v) is 6.34. The summed E-state index contributed by atoms with van der Waals surface area (Å²) in [6.45, 7) is 1.15. The second kappa shape index (κ2) is 5.11. The van der Waals surface area contributed by atoms with E-state index in [1.54, 1.807) is 11.1 Å². The van der Waals surface area contributed by atoms with Crippen LogP contribution in [0, 0.1) is 5.92 Å². The third-order valence-electron chi connectivity index (χ3n) is 4.32. The summed E-state index contributed by atoms with van der Waals surface area (Å²) in [6.07, 6.45) is 8.28. The Morgan fingerprint density at radius 1 is 1.12 bits per heavy atom. The van der Waals surface area contributed by atoms with Crippen molar-refractivity contribution in [3.05, 3.63) is 33.8 Å². The molecule has 17 heavy (non-hydrogen) atoms. The molecule has 1 aliphatic heterocycles. The molecule has 0 radical (unpaired) electrons. The van der Waals surface area contributed by atoms with Gasteiger partial charge in [0.15, 0.2) is 0 Å². The zero-order valence-corrected chi connectivity index (χ0v) is 11.8. The third kappa shape index (κ3) is 2.43. The minimum Gasteiger partial charge on any atom is -0.309 e. The molecule has 0 aromatic heterocycles. The normalized spacial score (nSPS) is 25.6. The molecular weight excluding hydrogens is 274 g/mol. The summed E-state index contributed by atoms with van der Waals surface area (Å²) in [6, 6.07) is 7.43. The molecule has 1 nitrogen and oxygen atoms in total. The van der Waals surface area contributed by atoms with Crippen molar-refractivity contribution in [1.29, 1.82) is 0 Å². The van der Waals surface area contributed by atoms with E-state index in [0.29, 0.717) is 6.04 Å². The summed E-state index contributed by atoms with van der Waals surface area (Å²) in [5, 5.41) is 3.75. The van der Waals surface area contributed by atoms with Crippen LogP contribution in [0.3, 0.4) is 0 Å². The fourth-order valence-corrected chi connectivity index (χ4v) is 3.82. The molecule has 1 aliphatic carbocycles. The Hall–Kier alpha value is -0.340. The first-order chi connectivity index (χ1) is 8.34. The average molecular weight is 294 g/mol. The van der Waals surface area contributed by atoms with Crippen molar-refractivity contribution in [1.82, 2.24) is 5.32 Å². The minimum absolute atomic E-state index is 0.608. The van der Waals surface area contributed by atoms with Crippen LogP contribution in [0.2, 0.25) is 0 Å². The molecule has 0 spiro atoms. The first kappa shape index (κ1) is 11.7. The monoisotopic (exact) mass is 293 g/mol. The lowest BCUT2D eigenvalue weighted by atomic mass is 9.78. The van der Waals surface area contributed by atoms with E-state index in [9.17, 15) is 0 Å². The maximum absolute atomic E-state index is 3.75. The summed E-state index contributed by atoms with van der Waals surface area (Å²) in [7, 11) is 0. The van der Waals surface area contributed by atoms with Gasteiger partial charge in [-0.1, -0.05) is 41.3 Å². The van der Waals surface area contributed by atoms with Gasteiger partial charge in [0, 0.05) is 10.5 Å². The lowest BCUT2D eigenvalue weighted by Gasteiger charge is -2.35. The molecule has 92 valence electrons. The highest BCUT2D eigenvalue weighted by atomic mass is 79.9. The van der Waals surface area contributed by atoms with Crippen molar-refractivity contribution < 1.29 is 0 Å². The third-order valence-corrected chi connectivity index (χ3v) is 4.82. The maximum atomic E-state index is 3.75. The molecule has 2 heteroatoms. The average Bonchev–Trinajstić information content (AvgIpc) is 2.39. The van der Waals surface area contributed by atoms with Gasteiger partial charge in [-0.25, -0.2) is 0 Å². The Kier molecular flexibility index (Phi) is 3.53. The highest BCUT2D eigenvalue weighted by molar-refractivity contribution is 9.10. The number of rotatable bonds is 1. The number of hydrogen-bond donors (Lipinski definition) is 1. The molecule has 2 aliphatic rings. The molecule has 1 saturated carbocycles. The van der Waals surface area contributed by atoms with Crippen molar-refractivity contribution in [3.63, 3.8) is 0 Å². The van der Waals surface area contributed by atoms with Crippen LogP contribution in [-0.4, -0.2) is 6.54 Å². The van der Waals surface area contributed by atoms with Crippen LogP contribution in [0.1, 0.15) is 49.3 Å². The fraction of sp³-hybridized carbons (Fsp3) is 0.600. The van der Waals surface area contributed by atoms with Gasteiger partial charge in [-0.2, -0.15) is 0 Å². The first-order valence-electron chi connectivity index (χ1n) is 6.86. The summed E-state index contributed by atoms with van der Waals surface area (Å²) in [5.41, 5.74) is 3.11. The van der Waals surface area contributed by atoms with Gasteiger partial charge < -0.3 is 5.32 Å². The van der Waals surface area contributed by atoms with E-state index >= 15 is 0 Å². The van der Waals surface area contributed by atoms with Gasteiger partial charge in [-0.15, -0.1) is 0 Å². The summed E-state index contributed by atoms with van der Waals surface area (Å²) < 4.78 is 1.22. The lowest BCUT2D eigenvalue weighted by molar-refractivity contribution is 0.264. The molecule has 1 atom stereocenters. The summed E-state index contributed by atoms with van der Waals surface area (Å²) >= 11 is 3.61. The van der Waals surface area contributed by atoms with E-state index in [1.807, 2.05) is 0 Å². The highest BCUT2D eigenvalue weighted by Crippen LogP contribution is 2.38. The van der Waals surface area contributed by atoms with Gasteiger partial charge >= 0.3 is 0 Å². The smallest absolute Gasteiger partial charge is 0.0351 e. The van der Waals surface area contributed by atoms with Crippen LogP contribution in [-0.2, 0) is 6.42 Å². The van der Waals surface area contributed by atoms with E-state index in [4.69, 9.17) is 0 Å². The molecule has 0 bridgehead atoms. The van der Waals surface area contributed by atoms with Crippen molar-refractivity contribution >= 4 is 15.9 Å². The van der Waals surface area contributed by atoms with Gasteiger partial charge in [0.2, 0.25) is 0 Å². The predicted octanol–water partition coefficient (Wildman–Crippen LogP) is 4.22. The van der Waals surface area contributed by atoms with Crippen LogP contribution in [0.25, 0.3) is 0 Å². The largest absolute Gasteiger partial charge is 0.309 e. The molecule has 1 aromatic rings. The summed E-state index contributed by atoms with van der Waals surface area (Å²) in [5.74, 6) is 0.858. The minimum atomic E-state index is 0.608. The fourth-order valence-electron chi connectivity index (χ4n) is 3.44. The molecule has 0 unspecified atom stereocenters. The van der Waals surface area contributed by atoms with Gasteiger partial charge in [0.25, 0.3) is 0 Å². The van der Waals surface area contributed by atoms with Crippen LogP contribution in [0.15, 0.2) is 22.7 Å². The predicted molar refractivity (Wildman–Crippen MR) is 75.2 cm³/mol. The van der Waals surface area contributed by atoms with Crippen molar-refractivity contribution in [2.24, 2.45) is 5.92 Å². The maximum Gasteiger partial charge on any atom is 0.0351 e. The topological polar surface area (TPSA) is 12.0 Å². The second-order valence-electron chi connectivity index (χ2n) is 5.42. The van der Waals surface area contributed by atoms with E-state index in [-0.39, 0.29) is 0 Å². The van der Waals surface area contributed by atoms with Crippen molar-refractivity contribution in [2.45, 2.75) is 44.6 Å². The van der Waals surface area contributed by atoms with Gasteiger partial charge in [-0.05, 0) is 55.0 Å². The van der Waals surface area contributed by atoms with E-state index in [1.165, 1.54) is 43.0 Å². The molecule has 0 saturated heterocycles. The standard InChI is InChI=1S/C15H20BrN/c16-13-7-6-11-8-9-17-15(14(11)10-13)12-4-2-1-3-5-12/h6-7,10,12,15,17H,1-5,8-9H2/t15-/m0/s1. The Labute approximate surface area is 112 Å². The van der Waals surface area contributed by atoms with Crippen molar-refractivity contribution in [2.75, 3.05) is 6.54 Å². The van der Waals surface area contributed by atoms with Crippen LogP contribution < -0.4 is 5.32 Å². The van der Waals surface area contributed by atoms with Crippen LogP contribution >= 0.6 is 15.9 Å². The molecular formula is C15H20BrN. The molecule has 1 aromatic carbocycles.